The topological polar surface area (TPSA) is 67.2 Å². The Balaban J connectivity index is 1.79. The Morgan fingerprint density at radius 2 is 1.13 bits per heavy atom. The second-order valence-electron chi connectivity index (χ2n) is 6.67. The average Bonchev–Trinajstić information content (AvgIpc) is 2.85. The van der Waals surface area contributed by atoms with E-state index in [2.05, 4.69) is 24.8 Å². The lowest BCUT2D eigenvalue weighted by Crippen LogP contribution is -2.34. The molecule has 0 unspecified atom stereocenters. The van der Waals surface area contributed by atoms with Crippen LogP contribution < -0.4 is 4.90 Å². The largest absolute Gasteiger partial charge is 0.316 e. The van der Waals surface area contributed by atoms with Gasteiger partial charge in [-0.05, 0) is 48.5 Å². The molecule has 1 aliphatic rings. The summed E-state index contributed by atoms with van der Waals surface area (Å²) >= 11 is 0. The molecule has 6 heteroatoms. The Hall–Kier alpha value is -4.19. The second-order valence-corrected chi connectivity index (χ2v) is 6.67. The van der Waals surface area contributed by atoms with E-state index in [0.717, 1.165) is 40.0 Å². The van der Waals surface area contributed by atoms with Gasteiger partial charge in [0.25, 0.3) is 0 Å². The molecule has 0 fully saturated rings. The third-order valence-electron chi connectivity index (χ3n) is 4.75. The molecule has 5 heterocycles. The van der Waals surface area contributed by atoms with Gasteiger partial charge in [-0.1, -0.05) is 24.3 Å². The Bertz CT molecular complexity index is 1190. The molecule has 6 nitrogen and oxygen atoms in total. The van der Waals surface area contributed by atoms with E-state index in [1.807, 2.05) is 72.8 Å². The lowest BCUT2D eigenvalue weighted by molar-refractivity contribution is 1.03. The van der Waals surface area contributed by atoms with Crippen LogP contribution in [0.2, 0.25) is 0 Å². The summed E-state index contributed by atoms with van der Waals surface area (Å²) in [7, 11) is 0. The van der Waals surface area contributed by atoms with Crippen LogP contribution in [0.1, 0.15) is 17.1 Å². The van der Waals surface area contributed by atoms with Crippen molar-refractivity contribution in [2.45, 2.75) is 0 Å². The summed E-state index contributed by atoms with van der Waals surface area (Å²) < 4.78 is 0. The van der Waals surface area contributed by atoms with Gasteiger partial charge >= 0.3 is 0 Å². The van der Waals surface area contributed by atoms with Crippen molar-refractivity contribution in [2.24, 2.45) is 4.99 Å². The van der Waals surface area contributed by atoms with Crippen LogP contribution in [0, 0.1) is 0 Å². The summed E-state index contributed by atoms with van der Waals surface area (Å²) in [5.41, 5.74) is 4.87. The first-order chi connectivity index (χ1) is 14.9. The summed E-state index contributed by atoms with van der Waals surface area (Å²) in [6, 6.07) is 23.4. The SMILES string of the molecule is c1ccc(C2=NC(c3ccccn3)=C(c3ccccn3)N(c3ccccn3)C2)nc1. The van der Waals surface area contributed by atoms with Gasteiger partial charge in [0.05, 0.1) is 35.0 Å². The summed E-state index contributed by atoms with van der Waals surface area (Å²) in [5, 5.41) is 0. The smallest absolute Gasteiger partial charge is 0.133 e. The van der Waals surface area contributed by atoms with Crippen molar-refractivity contribution in [1.29, 1.82) is 0 Å². The van der Waals surface area contributed by atoms with Gasteiger partial charge in [-0.3, -0.25) is 15.0 Å². The quantitative estimate of drug-likeness (QED) is 0.525. The standard InChI is InChI=1S/C24H18N6/c1-5-13-25-18(9-1)21-17-30(22-12-4-8-16-28-22)24(20-11-3-7-15-27-20)23(29-21)19-10-2-6-14-26-19/h1-16H,17H2. The van der Waals surface area contributed by atoms with Crippen LogP contribution in [0.4, 0.5) is 5.82 Å². The molecule has 0 atom stereocenters. The Morgan fingerprint density at radius 3 is 1.70 bits per heavy atom. The maximum Gasteiger partial charge on any atom is 0.133 e. The van der Waals surface area contributed by atoms with E-state index in [9.17, 15) is 0 Å². The monoisotopic (exact) mass is 390 g/mol. The third kappa shape index (κ3) is 3.46. The molecule has 0 amide bonds. The molecule has 0 aliphatic carbocycles. The molecule has 0 radical (unpaired) electrons. The number of hydrogen-bond donors (Lipinski definition) is 0. The van der Waals surface area contributed by atoms with Gasteiger partial charge in [0, 0.05) is 24.8 Å². The highest BCUT2D eigenvalue weighted by Gasteiger charge is 2.28. The van der Waals surface area contributed by atoms with Gasteiger partial charge in [-0.2, -0.15) is 0 Å². The minimum Gasteiger partial charge on any atom is -0.316 e. The molecule has 4 aromatic rings. The Kier molecular flexibility index (Phi) is 4.79. The molecular weight excluding hydrogens is 372 g/mol. The van der Waals surface area contributed by atoms with Crippen molar-refractivity contribution in [2.75, 3.05) is 11.4 Å². The molecule has 0 aromatic carbocycles. The first kappa shape index (κ1) is 17.9. The molecule has 0 saturated heterocycles. The first-order valence-corrected chi connectivity index (χ1v) is 9.65. The van der Waals surface area contributed by atoms with E-state index >= 15 is 0 Å². The fourth-order valence-corrected chi connectivity index (χ4v) is 3.40. The highest BCUT2D eigenvalue weighted by atomic mass is 15.2. The number of rotatable bonds is 4. The normalized spacial score (nSPS) is 13.9. The molecule has 0 bridgehead atoms. The third-order valence-corrected chi connectivity index (χ3v) is 4.75. The zero-order chi connectivity index (χ0) is 20.2. The van der Waals surface area contributed by atoms with Crippen molar-refractivity contribution < 1.29 is 0 Å². The fraction of sp³-hybridized carbons (Fsp3) is 0.0417. The van der Waals surface area contributed by atoms with E-state index in [4.69, 9.17) is 4.99 Å². The number of pyridine rings is 4. The number of nitrogens with zero attached hydrogens (tertiary/aromatic N) is 6. The highest BCUT2D eigenvalue weighted by molar-refractivity contribution is 6.12. The number of anilines is 1. The van der Waals surface area contributed by atoms with Crippen molar-refractivity contribution >= 4 is 22.9 Å². The van der Waals surface area contributed by atoms with Crippen LogP contribution in [-0.2, 0) is 0 Å². The summed E-state index contributed by atoms with van der Waals surface area (Å²) in [6.45, 7) is 0.524. The number of aliphatic imine (C=N–C) groups is 1. The maximum absolute atomic E-state index is 5.02. The minimum absolute atomic E-state index is 0.524. The lowest BCUT2D eigenvalue weighted by atomic mass is 10.1. The van der Waals surface area contributed by atoms with Crippen LogP contribution in [0.25, 0.3) is 11.4 Å². The molecule has 4 aromatic heterocycles. The van der Waals surface area contributed by atoms with Gasteiger partial charge in [0.2, 0.25) is 0 Å². The second kappa shape index (κ2) is 8.05. The first-order valence-electron chi connectivity index (χ1n) is 9.65. The van der Waals surface area contributed by atoms with Crippen LogP contribution in [0.5, 0.6) is 0 Å². The molecule has 144 valence electrons. The van der Waals surface area contributed by atoms with Gasteiger partial charge in [0.15, 0.2) is 0 Å². The van der Waals surface area contributed by atoms with E-state index in [0.29, 0.717) is 6.54 Å². The summed E-state index contributed by atoms with van der Waals surface area (Å²) in [5.74, 6) is 0.815. The van der Waals surface area contributed by atoms with Crippen molar-refractivity contribution in [3.05, 3.63) is 115 Å². The highest BCUT2D eigenvalue weighted by Crippen LogP contribution is 2.35. The summed E-state index contributed by atoms with van der Waals surface area (Å²) in [6.07, 6.45) is 7.13. The van der Waals surface area contributed by atoms with E-state index in [-0.39, 0.29) is 0 Å². The molecule has 30 heavy (non-hydrogen) atoms. The van der Waals surface area contributed by atoms with E-state index in [1.54, 1.807) is 24.8 Å². The zero-order valence-electron chi connectivity index (χ0n) is 16.1. The van der Waals surface area contributed by atoms with Gasteiger partial charge in [-0.15, -0.1) is 0 Å². The molecule has 0 spiro atoms. The summed E-state index contributed by atoms with van der Waals surface area (Å²) in [4.78, 5) is 25.5. The number of aromatic nitrogens is 4. The Labute approximate surface area is 174 Å². The van der Waals surface area contributed by atoms with Gasteiger partial charge in [0.1, 0.15) is 11.5 Å². The maximum atomic E-state index is 5.02. The molecule has 0 N–H and O–H groups in total. The van der Waals surface area contributed by atoms with Crippen LogP contribution in [0.3, 0.4) is 0 Å². The van der Waals surface area contributed by atoms with Gasteiger partial charge in [-0.25, -0.2) is 9.98 Å². The number of hydrogen-bond acceptors (Lipinski definition) is 6. The van der Waals surface area contributed by atoms with Crippen molar-refractivity contribution in [3.8, 4) is 0 Å². The van der Waals surface area contributed by atoms with Crippen molar-refractivity contribution in [3.63, 3.8) is 0 Å². The fourth-order valence-electron chi connectivity index (χ4n) is 3.40. The van der Waals surface area contributed by atoms with Crippen LogP contribution in [-0.4, -0.2) is 32.2 Å². The predicted molar refractivity (Wildman–Crippen MR) is 118 cm³/mol. The molecular formula is C24H18N6. The zero-order valence-corrected chi connectivity index (χ0v) is 16.1. The lowest BCUT2D eigenvalue weighted by Gasteiger charge is -2.31. The van der Waals surface area contributed by atoms with E-state index in [1.165, 1.54) is 0 Å². The van der Waals surface area contributed by atoms with Gasteiger partial charge < -0.3 is 4.90 Å². The minimum atomic E-state index is 0.524. The molecule has 5 rings (SSSR count). The van der Waals surface area contributed by atoms with E-state index < -0.39 is 0 Å². The molecule has 0 saturated carbocycles. The average molecular weight is 390 g/mol. The Morgan fingerprint density at radius 1 is 0.567 bits per heavy atom. The van der Waals surface area contributed by atoms with Crippen LogP contribution >= 0.6 is 0 Å². The van der Waals surface area contributed by atoms with Crippen LogP contribution in [0.15, 0.2) is 103 Å². The predicted octanol–water partition coefficient (Wildman–Crippen LogP) is 4.10. The molecule has 1 aliphatic heterocycles. The van der Waals surface area contributed by atoms with Crippen molar-refractivity contribution in [1.82, 2.24) is 19.9 Å².